The molecule has 0 bridgehead atoms. The first-order valence-corrected chi connectivity index (χ1v) is 3.54. The summed E-state index contributed by atoms with van der Waals surface area (Å²) in [6.07, 6.45) is 0.503. The molecule has 0 saturated carbocycles. The Kier molecular flexibility index (Phi) is 4.45. The number of nitrogens with two attached hydrogens (primary N) is 1. The van der Waals surface area contributed by atoms with Crippen LogP contribution in [0.4, 0.5) is 0 Å². The second-order valence-corrected chi connectivity index (χ2v) is 2.53. The van der Waals surface area contributed by atoms with Crippen LogP contribution in [0.25, 0.3) is 0 Å². The normalized spacial score (nSPS) is 10.1. The lowest BCUT2D eigenvalue weighted by molar-refractivity contribution is -0.121. The second kappa shape index (κ2) is 4.85. The van der Waals surface area contributed by atoms with Crippen molar-refractivity contribution in [2.75, 3.05) is 20.1 Å². The highest BCUT2D eigenvalue weighted by atomic mass is 16.1. The zero-order valence-electron chi connectivity index (χ0n) is 6.96. The molecule has 4 heteroatoms. The van der Waals surface area contributed by atoms with E-state index in [1.165, 1.54) is 0 Å². The summed E-state index contributed by atoms with van der Waals surface area (Å²) in [5, 5.41) is 0. The standard InChI is InChI=1S/C7H14N2O2/c1-3-6(10)4-9(2)5-7(8)11/h3-5H2,1-2H3,(H2,8,11). The van der Waals surface area contributed by atoms with E-state index in [4.69, 9.17) is 5.73 Å². The largest absolute Gasteiger partial charge is 0.369 e. The van der Waals surface area contributed by atoms with Crippen LogP contribution in [0.2, 0.25) is 0 Å². The third-order valence-corrected chi connectivity index (χ3v) is 1.27. The van der Waals surface area contributed by atoms with E-state index in [1.54, 1.807) is 18.9 Å². The number of hydrogen-bond donors (Lipinski definition) is 1. The van der Waals surface area contributed by atoms with E-state index in [0.717, 1.165) is 0 Å². The van der Waals surface area contributed by atoms with Gasteiger partial charge in [0.15, 0.2) is 0 Å². The van der Waals surface area contributed by atoms with Crippen LogP contribution in [0.3, 0.4) is 0 Å². The van der Waals surface area contributed by atoms with Crippen LogP contribution in [-0.2, 0) is 9.59 Å². The Morgan fingerprint density at radius 3 is 2.27 bits per heavy atom. The van der Waals surface area contributed by atoms with Gasteiger partial charge in [-0.3, -0.25) is 14.5 Å². The maximum absolute atomic E-state index is 10.8. The summed E-state index contributed by atoms with van der Waals surface area (Å²) < 4.78 is 0. The minimum Gasteiger partial charge on any atom is -0.369 e. The molecule has 0 heterocycles. The summed E-state index contributed by atoms with van der Waals surface area (Å²) in [5.74, 6) is -0.287. The first kappa shape index (κ1) is 10.1. The van der Waals surface area contributed by atoms with E-state index in [1.807, 2.05) is 0 Å². The summed E-state index contributed by atoms with van der Waals surface area (Å²) in [5.41, 5.74) is 4.92. The van der Waals surface area contributed by atoms with Crippen LogP contribution in [-0.4, -0.2) is 36.7 Å². The molecule has 0 rings (SSSR count). The predicted octanol–water partition coefficient (Wildman–Crippen LogP) is -0.617. The first-order valence-electron chi connectivity index (χ1n) is 3.54. The first-order chi connectivity index (χ1) is 5.06. The molecule has 4 nitrogen and oxygen atoms in total. The van der Waals surface area contributed by atoms with Crippen molar-refractivity contribution in [3.05, 3.63) is 0 Å². The molecule has 0 aliphatic rings. The Bertz CT molecular complexity index is 157. The van der Waals surface area contributed by atoms with E-state index >= 15 is 0 Å². The Labute approximate surface area is 66.4 Å². The van der Waals surface area contributed by atoms with Gasteiger partial charge in [0.05, 0.1) is 13.1 Å². The summed E-state index contributed by atoms with van der Waals surface area (Å²) in [4.78, 5) is 22.8. The van der Waals surface area contributed by atoms with Gasteiger partial charge in [0.1, 0.15) is 5.78 Å². The quantitative estimate of drug-likeness (QED) is 0.580. The number of rotatable bonds is 5. The van der Waals surface area contributed by atoms with E-state index in [0.29, 0.717) is 13.0 Å². The molecule has 0 aromatic heterocycles. The molecule has 0 radical (unpaired) electrons. The van der Waals surface area contributed by atoms with Gasteiger partial charge in [-0.25, -0.2) is 0 Å². The third-order valence-electron chi connectivity index (χ3n) is 1.27. The van der Waals surface area contributed by atoms with Crippen molar-refractivity contribution in [1.82, 2.24) is 4.90 Å². The SMILES string of the molecule is CCC(=O)CN(C)CC(N)=O. The Hall–Kier alpha value is -0.900. The highest BCUT2D eigenvalue weighted by molar-refractivity contribution is 5.81. The Morgan fingerprint density at radius 1 is 1.36 bits per heavy atom. The lowest BCUT2D eigenvalue weighted by Gasteiger charge is -2.11. The smallest absolute Gasteiger partial charge is 0.231 e. The molecule has 0 aromatic carbocycles. The van der Waals surface area contributed by atoms with Gasteiger partial charge in [0, 0.05) is 6.42 Å². The fourth-order valence-corrected chi connectivity index (χ4v) is 0.735. The average molecular weight is 158 g/mol. The van der Waals surface area contributed by atoms with Crippen molar-refractivity contribution < 1.29 is 9.59 Å². The van der Waals surface area contributed by atoms with Crippen LogP contribution in [0.15, 0.2) is 0 Å². The zero-order chi connectivity index (χ0) is 8.85. The summed E-state index contributed by atoms with van der Waals surface area (Å²) in [6.45, 7) is 2.24. The minimum absolute atomic E-state index is 0.119. The number of likely N-dealkylation sites (N-methyl/N-ethyl adjacent to an activating group) is 1. The van der Waals surface area contributed by atoms with E-state index < -0.39 is 5.91 Å². The lowest BCUT2D eigenvalue weighted by Crippen LogP contribution is -2.34. The highest BCUT2D eigenvalue weighted by Crippen LogP contribution is 1.85. The van der Waals surface area contributed by atoms with Gasteiger partial charge in [0.25, 0.3) is 0 Å². The number of primary amides is 1. The number of Topliss-reactive ketones (excluding diaryl/α,β-unsaturated/α-hetero) is 1. The van der Waals surface area contributed by atoms with Crippen molar-refractivity contribution >= 4 is 11.7 Å². The van der Waals surface area contributed by atoms with E-state index in [9.17, 15) is 9.59 Å². The number of carbonyl (C=O) groups is 2. The number of carbonyl (C=O) groups excluding carboxylic acids is 2. The van der Waals surface area contributed by atoms with Crippen molar-refractivity contribution in [3.8, 4) is 0 Å². The lowest BCUT2D eigenvalue weighted by atomic mass is 10.3. The molecule has 0 saturated heterocycles. The summed E-state index contributed by atoms with van der Waals surface area (Å²) >= 11 is 0. The molecule has 0 fully saturated rings. The number of hydrogen-bond acceptors (Lipinski definition) is 3. The highest BCUT2D eigenvalue weighted by Gasteiger charge is 2.05. The summed E-state index contributed by atoms with van der Waals surface area (Å²) in [6, 6.07) is 0. The maximum atomic E-state index is 10.8. The minimum atomic E-state index is -0.406. The average Bonchev–Trinajstić information content (AvgIpc) is 1.85. The van der Waals surface area contributed by atoms with Crippen molar-refractivity contribution in [1.29, 1.82) is 0 Å². The van der Waals surface area contributed by atoms with Gasteiger partial charge in [-0.2, -0.15) is 0 Å². The molecule has 0 atom stereocenters. The molecule has 1 amide bonds. The van der Waals surface area contributed by atoms with Gasteiger partial charge in [-0.05, 0) is 7.05 Å². The molecule has 0 aliphatic carbocycles. The number of nitrogens with zero attached hydrogens (tertiary/aromatic N) is 1. The molecule has 0 aromatic rings. The van der Waals surface area contributed by atoms with Crippen LogP contribution < -0.4 is 5.73 Å². The molecular weight excluding hydrogens is 144 g/mol. The van der Waals surface area contributed by atoms with E-state index in [2.05, 4.69) is 0 Å². The van der Waals surface area contributed by atoms with Crippen molar-refractivity contribution in [2.45, 2.75) is 13.3 Å². The van der Waals surface area contributed by atoms with Gasteiger partial charge < -0.3 is 5.73 Å². The van der Waals surface area contributed by atoms with Crippen LogP contribution in [0, 0.1) is 0 Å². The summed E-state index contributed by atoms with van der Waals surface area (Å²) in [7, 11) is 1.69. The Balaban J connectivity index is 3.60. The zero-order valence-corrected chi connectivity index (χ0v) is 6.96. The predicted molar refractivity (Wildman–Crippen MR) is 42.0 cm³/mol. The Morgan fingerprint density at radius 2 is 1.91 bits per heavy atom. The van der Waals surface area contributed by atoms with Crippen LogP contribution in [0.5, 0.6) is 0 Å². The van der Waals surface area contributed by atoms with Crippen molar-refractivity contribution in [3.63, 3.8) is 0 Å². The molecule has 64 valence electrons. The fourth-order valence-electron chi connectivity index (χ4n) is 0.735. The monoisotopic (exact) mass is 158 g/mol. The second-order valence-electron chi connectivity index (χ2n) is 2.53. The van der Waals surface area contributed by atoms with Gasteiger partial charge in [-0.1, -0.05) is 6.92 Å². The topological polar surface area (TPSA) is 63.4 Å². The van der Waals surface area contributed by atoms with Crippen LogP contribution in [0.1, 0.15) is 13.3 Å². The van der Waals surface area contributed by atoms with Gasteiger partial charge >= 0.3 is 0 Å². The van der Waals surface area contributed by atoms with Crippen molar-refractivity contribution in [2.24, 2.45) is 5.73 Å². The molecule has 11 heavy (non-hydrogen) atoms. The maximum Gasteiger partial charge on any atom is 0.231 e. The van der Waals surface area contributed by atoms with E-state index in [-0.39, 0.29) is 12.3 Å². The van der Waals surface area contributed by atoms with Gasteiger partial charge in [0.2, 0.25) is 5.91 Å². The van der Waals surface area contributed by atoms with Gasteiger partial charge in [-0.15, -0.1) is 0 Å². The molecule has 2 N–H and O–H groups in total. The number of amides is 1. The van der Waals surface area contributed by atoms with Crippen LogP contribution >= 0.6 is 0 Å². The molecule has 0 spiro atoms. The third kappa shape index (κ3) is 5.54. The molecule has 0 unspecified atom stereocenters. The number of ketones is 1. The fraction of sp³-hybridized carbons (Fsp3) is 0.714. The molecule has 0 aliphatic heterocycles. The molecular formula is C7H14N2O2.